The Morgan fingerprint density at radius 1 is 1.00 bits per heavy atom. The molecule has 1 fully saturated rings. The van der Waals surface area contributed by atoms with Crippen LogP contribution < -0.4 is 4.74 Å². The fourth-order valence-electron chi connectivity index (χ4n) is 5.43. The van der Waals surface area contributed by atoms with Gasteiger partial charge in [-0.25, -0.2) is 29.6 Å². The van der Waals surface area contributed by atoms with E-state index in [1.165, 1.54) is 10.9 Å². The minimum Gasteiger partial charge on any atom is -0.416 e. The Balaban J connectivity index is 1.37. The van der Waals surface area contributed by atoms with Gasteiger partial charge in [-0.05, 0) is 38.3 Å². The third kappa shape index (κ3) is 7.96. The molecule has 1 aliphatic rings. The van der Waals surface area contributed by atoms with E-state index in [4.69, 9.17) is 19.6 Å². The van der Waals surface area contributed by atoms with Crippen molar-refractivity contribution in [3.8, 4) is 28.7 Å². The van der Waals surface area contributed by atoms with Crippen LogP contribution in [0, 0.1) is 0 Å². The number of aromatic nitrogens is 8. The molecule has 1 aliphatic carbocycles. The normalized spacial score (nSPS) is 14.0. The van der Waals surface area contributed by atoms with E-state index >= 15 is 0 Å². The van der Waals surface area contributed by atoms with Crippen LogP contribution in [0.15, 0.2) is 43.0 Å². The molecule has 6 rings (SSSR count). The summed E-state index contributed by atoms with van der Waals surface area (Å²) in [6.07, 6.45) is 1.26. The van der Waals surface area contributed by atoms with Crippen LogP contribution in [0.1, 0.15) is 61.3 Å². The van der Waals surface area contributed by atoms with Crippen molar-refractivity contribution < 1.29 is 31.4 Å². The molecule has 0 spiro atoms. The zero-order valence-electron chi connectivity index (χ0n) is 27.8. The predicted molar refractivity (Wildman–Crippen MR) is 175 cm³/mol. The van der Waals surface area contributed by atoms with E-state index in [1.54, 1.807) is 36.9 Å². The molecule has 4 aromatic heterocycles. The lowest BCUT2D eigenvalue weighted by Gasteiger charge is -2.15. The minimum atomic E-state index is -4.56. The van der Waals surface area contributed by atoms with Gasteiger partial charge >= 0.3 is 12.8 Å². The second-order valence-corrected chi connectivity index (χ2v) is 19.3. The van der Waals surface area contributed by atoms with Crippen molar-refractivity contribution in [2.24, 2.45) is 0 Å². The highest BCUT2D eigenvalue weighted by molar-refractivity contribution is 6.76. The molecule has 0 saturated heterocycles. The highest BCUT2D eigenvalue weighted by atomic mass is 28.3. The lowest BCUT2D eigenvalue weighted by atomic mass is 10.1. The van der Waals surface area contributed by atoms with Gasteiger partial charge in [-0.2, -0.15) is 27.1 Å². The molecule has 0 aliphatic heterocycles. The smallest absolute Gasteiger partial charge is 0.416 e. The molecular weight excluding hydrogens is 663 g/mol. The van der Waals surface area contributed by atoms with Crippen LogP contribution in [0.5, 0.6) is 5.88 Å². The third-order valence-corrected chi connectivity index (χ3v) is 9.87. The lowest BCUT2D eigenvalue weighted by molar-refractivity contribution is -0.140. The van der Waals surface area contributed by atoms with E-state index in [1.807, 2.05) is 12.1 Å². The first-order valence-corrected chi connectivity index (χ1v) is 19.7. The number of ether oxygens (including phenoxy) is 2. The monoisotopic (exact) mass is 700 g/mol. The van der Waals surface area contributed by atoms with Crippen molar-refractivity contribution in [2.45, 2.75) is 90.3 Å². The van der Waals surface area contributed by atoms with Crippen molar-refractivity contribution in [3.63, 3.8) is 0 Å². The van der Waals surface area contributed by atoms with Crippen LogP contribution in [0.4, 0.5) is 22.0 Å². The Labute approximate surface area is 280 Å². The number of hydrogen-bond acceptors (Lipinski definition) is 8. The summed E-state index contributed by atoms with van der Waals surface area (Å²) in [6, 6.07) is 7.81. The molecule has 49 heavy (non-hydrogen) atoms. The first kappa shape index (κ1) is 34.5. The van der Waals surface area contributed by atoms with Gasteiger partial charge in [-0.1, -0.05) is 43.9 Å². The number of imidazole rings is 1. The summed E-state index contributed by atoms with van der Waals surface area (Å²) in [7, 11) is -1.33. The van der Waals surface area contributed by atoms with Gasteiger partial charge in [-0.3, -0.25) is 0 Å². The quantitative estimate of drug-likeness (QED) is 0.0689. The van der Waals surface area contributed by atoms with Crippen molar-refractivity contribution >= 4 is 19.1 Å². The van der Waals surface area contributed by atoms with Crippen LogP contribution >= 0.6 is 0 Å². The van der Waals surface area contributed by atoms with E-state index in [0.29, 0.717) is 41.0 Å². The Morgan fingerprint density at radius 3 is 2.37 bits per heavy atom. The van der Waals surface area contributed by atoms with Gasteiger partial charge in [0.1, 0.15) is 35.5 Å². The fourth-order valence-corrected chi connectivity index (χ4v) is 6.18. The summed E-state index contributed by atoms with van der Waals surface area (Å²) in [5.41, 5.74) is 2.83. The highest BCUT2D eigenvalue weighted by Gasteiger charge is 2.35. The van der Waals surface area contributed by atoms with E-state index in [0.717, 1.165) is 30.6 Å². The topological polar surface area (TPSA) is 106 Å². The Morgan fingerprint density at radius 2 is 1.73 bits per heavy atom. The number of benzene rings is 1. The first-order valence-electron chi connectivity index (χ1n) is 16.0. The average Bonchev–Trinajstić information content (AvgIpc) is 3.67. The maximum Gasteiger partial charge on any atom is 0.434 e. The second-order valence-electron chi connectivity index (χ2n) is 13.6. The van der Waals surface area contributed by atoms with Gasteiger partial charge in [0.2, 0.25) is 5.88 Å². The van der Waals surface area contributed by atoms with Crippen LogP contribution in [0.2, 0.25) is 25.7 Å². The minimum absolute atomic E-state index is 0.0660. The maximum absolute atomic E-state index is 13.5. The van der Waals surface area contributed by atoms with Gasteiger partial charge in [0.25, 0.3) is 0 Å². The number of hydrogen-bond donors (Lipinski definition) is 0. The van der Waals surface area contributed by atoms with Crippen molar-refractivity contribution in [3.05, 3.63) is 65.6 Å². The van der Waals surface area contributed by atoms with Crippen LogP contribution in [-0.2, 0) is 24.1 Å². The largest absolute Gasteiger partial charge is 0.434 e. The van der Waals surface area contributed by atoms with Crippen LogP contribution in [0.3, 0.4) is 0 Å². The number of halogens is 5. The van der Waals surface area contributed by atoms with Gasteiger partial charge < -0.3 is 14.0 Å². The van der Waals surface area contributed by atoms with E-state index in [9.17, 15) is 22.0 Å². The highest BCUT2D eigenvalue weighted by Crippen LogP contribution is 2.45. The first-order chi connectivity index (χ1) is 23.2. The molecule has 260 valence electrons. The lowest BCUT2D eigenvalue weighted by Crippen LogP contribution is -2.22. The Kier molecular flexibility index (Phi) is 9.54. The van der Waals surface area contributed by atoms with E-state index in [-0.39, 0.29) is 41.8 Å². The second kappa shape index (κ2) is 13.5. The predicted octanol–water partition coefficient (Wildman–Crippen LogP) is 8.13. The van der Waals surface area contributed by atoms with Crippen LogP contribution in [0.25, 0.3) is 33.8 Å². The summed E-state index contributed by atoms with van der Waals surface area (Å²) >= 11 is 0. The van der Waals surface area contributed by atoms with Gasteiger partial charge in [-0.15, -0.1) is 0 Å². The summed E-state index contributed by atoms with van der Waals surface area (Å²) in [5.74, 6) is 0.132. The van der Waals surface area contributed by atoms with Crippen molar-refractivity contribution in [1.29, 1.82) is 0 Å². The molecular formula is C33H37F5N8O2Si. The summed E-state index contributed by atoms with van der Waals surface area (Å²) in [5, 5.41) is 4.82. The number of rotatable bonds is 13. The Hall–Kier alpha value is -4.31. The fraction of sp³-hybridized carbons (Fsp3) is 0.455. The van der Waals surface area contributed by atoms with Gasteiger partial charge in [0, 0.05) is 44.8 Å². The number of nitrogens with zero attached hydrogens (tertiary/aromatic N) is 8. The van der Waals surface area contributed by atoms with Crippen LogP contribution in [-0.4, -0.2) is 60.6 Å². The Bertz CT molecular complexity index is 1930. The molecule has 4 heterocycles. The molecule has 0 unspecified atom stereocenters. The summed E-state index contributed by atoms with van der Waals surface area (Å²) in [4.78, 5) is 21.6. The maximum atomic E-state index is 13.5. The zero-order valence-corrected chi connectivity index (χ0v) is 28.8. The van der Waals surface area contributed by atoms with Crippen molar-refractivity contribution in [2.75, 3.05) is 6.61 Å². The molecule has 1 aromatic carbocycles. The summed E-state index contributed by atoms with van der Waals surface area (Å²) < 4.78 is 81.2. The molecule has 16 heteroatoms. The average molecular weight is 701 g/mol. The zero-order chi connectivity index (χ0) is 35.1. The van der Waals surface area contributed by atoms with E-state index < -0.39 is 26.6 Å². The molecule has 0 amide bonds. The standard InChI is InChI=1S/C33H37F5N8O2Si/c1-19(2)45-16-25(33(36,37)38)42-30(45)22-8-6-20(7-9-22)14-23-28-24(46(44-23)18-47-12-13-49(3,4)5)15-39-29(43-28)26-27(21-10-11-21)40-17-41-31(26)48-32(34)35/h6-9,15-17,19,21,32H,10-14,18H2,1-5H3. The molecule has 0 radical (unpaired) electrons. The van der Waals surface area contributed by atoms with Crippen molar-refractivity contribution in [1.82, 2.24) is 39.3 Å². The molecule has 10 nitrogen and oxygen atoms in total. The van der Waals surface area contributed by atoms with E-state index in [2.05, 4.69) is 39.6 Å². The summed E-state index contributed by atoms with van der Waals surface area (Å²) in [6.45, 7) is 8.00. The van der Waals surface area contributed by atoms with Gasteiger partial charge in [0.05, 0.1) is 17.6 Å². The molecule has 0 atom stereocenters. The SMILES string of the molecule is CC(C)n1cc(C(F)(F)F)nc1-c1ccc(Cc2nn(COCC[Si](C)(C)C)c3cnc(-c4c(OC(F)F)ncnc4C4CC4)nc23)cc1. The molecule has 0 N–H and O–H groups in total. The van der Waals surface area contributed by atoms with Gasteiger partial charge in [0.15, 0.2) is 11.5 Å². The third-order valence-electron chi connectivity index (χ3n) is 8.17. The molecule has 5 aromatic rings. The molecule has 0 bridgehead atoms. The number of fused-ring (bicyclic) bond motifs is 1. The molecule has 1 saturated carbocycles. The number of alkyl halides is 5.